The summed E-state index contributed by atoms with van der Waals surface area (Å²) in [5.74, 6) is 0. The highest BCUT2D eigenvalue weighted by molar-refractivity contribution is 5.03. The van der Waals surface area contributed by atoms with Crippen LogP contribution in [0.15, 0.2) is 11.6 Å². The second-order valence-corrected chi connectivity index (χ2v) is 1.79. The summed E-state index contributed by atoms with van der Waals surface area (Å²) in [6, 6.07) is 2.08. The number of hydrogen-bond acceptors (Lipinski definition) is 1. The molecule has 0 bridgehead atoms. The topological polar surface area (TPSA) is 23.8 Å². The number of rotatable bonds is 2. The van der Waals surface area contributed by atoms with E-state index in [9.17, 15) is 0 Å². The standard InChI is InChI=1S/C7H11N/c1-3-4-7(2)5-6-8/h4H,3,5H2,1-2H3. The molecule has 0 aliphatic heterocycles. The Morgan fingerprint density at radius 1 is 1.75 bits per heavy atom. The molecule has 8 heavy (non-hydrogen) atoms. The van der Waals surface area contributed by atoms with Gasteiger partial charge in [-0.1, -0.05) is 18.6 Å². The van der Waals surface area contributed by atoms with Gasteiger partial charge in [-0.2, -0.15) is 5.26 Å². The first kappa shape index (κ1) is 7.23. The van der Waals surface area contributed by atoms with Crippen LogP contribution >= 0.6 is 0 Å². The zero-order valence-electron chi connectivity index (χ0n) is 5.44. The fourth-order valence-corrected chi connectivity index (χ4v) is 0.545. The summed E-state index contributed by atoms with van der Waals surface area (Å²) in [5.41, 5.74) is 1.18. The Hall–Kier alpha value is -0.770. The summed E-state index contributed by atoms with van der Waals surface area (Å²) in [6.07, 6.45) is 3.69. The van der Waals surface area contributed by atoms with Gasteiger partial charge in [-0.25, -0.2) is 0 Å². The van der Waals surface area contributed by atoms with Crippen LogP contribution in [-0.2, 0) is 0 Å². The van der Waals surface area contributed by atoms with E-state index in [-0.39, 0.29) is 0 Å². The number of allylic oxidation sites excluding steroid dienone is 2. The van der Waals surface area contributed by atoms with Crippen molar-refractivity contribution in [2.24, 2.45) is 0 Å². The van der Waals surface area contributed by atoms with Crippen molar-refractivity contribution in [3.05, 3.63) is 11.6 Å². The smallest absolute Gasteiger partial charge is 0.0666 e. The minimum Gasteiger partial charge on any atom is -0.198 e. The average molecular weight is 109 g/mol. The molecule has 0 fully saturated rings. The van der Waals surface area contributed by atoms with Crippen LogP contribution in [0.25, 0.3) is 0 Å². The highest BCUT2D eigenvalue weighted by Crippen LogP contribution is 1.98. The van der Waals surface area contributed by atoms with Gasteiger partial charge in [0, 0.05) is 0 Å². The molecule has 0 radical (unpaired) electrons. The largest absolute Gasteiger partial charge is 0.198 e. The van der Waals surface area contributed by atoms with Crippen molar-refractivity contribution in [3.8, 4) is 6.07 Å². The summed E-state index contributed by atoms with van der Waals surface area (Å²) in [7, 11) is 0. The average Bonchev–Trinajstić information content (AvgIpc) is 1.68. The third-order valence-corrected chi connectivity index (χ3v) is 0.910. The molecule has 1 heteroatoms. The molecule has 0 saturated heterocycles. The van der Waals surface area contributed by atoms with Crippen LogP contribution in [0.2, 0.25) is 0 Å². The molecule has 0 amide bonds. The maximum atomic E-state index is 8.17. The highest BCUT2D eigenvalue weighted by Gasteiger charge is 1.81. The fraction of sp³-hybridized carbons (Fsp3) is 0.571. The van der Waals surface area contributed by atoms with Gasteiger partial charge < -0.3 is 0 Å². The normalized spacial score (nSPS) is 10.9. The minimum absolute atomic E-state index is 0.577. The first-order valence-corrected chi connectivity index (χ1v) is 2.83. The van der Waals surface area contributed by atoms with E-state index >= 15 is 0 Å². The summed E-state index contributed by atoms with van der Waals surface area (Å²) >= 11 is 0. The molecule has 0 aromatic rings. The van der Waals surface area contributed by atoms with Crippen LogP contribution in [0.5, 0.6) is 0 Å². The van der Waals surface area contributed by atoms with Gasteiger partial charge >= 0.3 is 0 Å². The van der Waals surface area contributed by atoms with Gasteiger partial charge in [0.1, 0.15) is 0 Å². The van der Waals surface area contributed by atoms with Gasteiger partial charge in [0.15, 0.2) is 0 Å². The lowest BCUT2D eigenvalue weighted by molar-refractivity contribution is 1.13. The molecule has 0 aromatic heterocycles. The van der Waals surface area contributed by atoms with Crippen molar-refractivity contribution in [2.75, 3.05) is 0 Å². The van der Waals surface area contributed by atoms with E-state index in [2.05, 4.69) is 19.1 Å². The molecular weight excluding hydrogens is 98.1 g/mol. The molecule has 0 rings (SSSR count). The van der Waals surface area contributed by atoms with E-state index in [1.165, 1.54) is 5.57 Å². The van der Waals surface area contributed by atoms with E-state index in [0.717, 1.165) is 6.42 Å². The Morgan fingerprint density at radius 2 is 2.38 bits per heavy atom. The molecule has 0 aliphatic rings. The monoisotopic (exact) mass is 109 g/mol. The zero-order valence-corrected chi connectivity index (χ0v) is 5.44. The van der Waals surface area contributed by atoms with Crippen LogP contribution in [0, 0.1) is 11.3 Å². The van der Waals surface area contributed by atoms with Crippen molar-refractivity contribution in [2.45, 2.75) is 26.7 Å². The van der Waals surface area contributed by atoms with Gasteiger partial charge in [-0.3, -0.25) is 0 Å². The van der Waals surface area contributed by atoms with Crippen LogP contribution in [0.1, 0.15) is 26.7 Å². The third kappa shape index (κ3) is 3.42. The van der Waals surface area contributed by atoms with Gasteiger partial charge in [0.05, 0.1) is 12.5 Å². The molecule has 0 aliphatic carbocycles. The number of nitriles is 1. The van der Waals surface area contributed by atoms with E-state index in [0.29, 0.717) is 6.42 Å². The second-order valence-electron chi connectivity index (χ2n) is 1.79. The lowest BCUT2D eigenvalue weighted by atomic mass is 10.2. The third-order valence-electron chi connectivity index (χ3n) is 0.910. The van der Waals surface area contributed by atoms with Crippen LogP contribution in [-0.4, -0.2) is 0 Å². The fourth-order valence-electron chi connectivity index (χ4n) is 0.545. The van der Waals surface area contributed by atoms with Crippen molar-refractivity contribution >= 4 is 0 Å². The van der Waals surface area contributed by atoms with Crippen LogP contribution < -0.4 is 0 Å². The van der Waals surface area contributed by atoms with E-state index < -0.39 is 0 Å². The zero-order chi connectivity index (χ0) is 6.41. The maximum Gasteiger partial charge on any atom is 0.0666 e. The Bertz CT molecular complexity index is 117. The van der Waals surface area contributed by atoms with Crippen molar-refractivity contribution in [1.82, 2.24) is 0 Å². The Morgan fingerprint density at radius 3 is 2.75 bits per heavy atom. The predicted octanol–water partition coefficient (Wildman–Crippen LogP) is 2.26. The van der Waals surface area contributed by atoms with Crippen molar-refractivity contribution < 1.29 is 0 Å². The molecule has 0 N–H and O–H groups in total. The molecular formula is C7H11N. The molecule has 0 atom stereocenters. The molecule has 0 unspecified atom stereocenters. The van der Waals surface area contributed by atoms with Gasteiger partial charge in [0.25, 0.3) is 0 Å². The first-order valence-electron chi connectivity index (χ1n) is 2.83. The minimum atomic E-state index is 0.577. The van der Waals surface area contributed by atoms with Crippen LogP contribution in [0.4, 0.5) is 0 Å². The Kier molecular flexibility index (Phi) is 3.97. The van der Waals surface area contributed by atoms with Gasteiger partial charge in [-0.05, 0) is 13.3 Å². The SMILES string of the molecule is CCC=C(C)CC#N. The molecule has 0 spiro atoms. The quantitative estimate of drug-likeness (QED) is 0.499. The predicted molar refractivity (Wildman–Crippen MR) is 34.3 cm³/mol. The summed E-state index contributed by atoms with van der Waals surface area (Å²) in [4.78, 5) is 0. The van der Waals surface area contributed by atoms with Gasteiger partial charge in [-0.15, -0.1) is 0 Å². The lowest BCUT2D eigenvalue weighted by Gasteiger charge is -1.86. The van der Waals surface area contributed by atoms with Crippen LogP contribution in [0.3, 0.4) is 0 Å². The van der Waals surface area contributed by atoms with E-state index in [1.807, 2.05) is 6.92 Å². The van der Waals surface area contributed by atoms with Crippen molar-refractivity contribution in [3.63, 3.8) is 0 Å². The molecule has 0 heterocycles. The Balaban J connectivity index is 3.49. The Labute approximate surface area is 50.6 Å². The molecule has 44 valence electrons. The van der Waals surface area contributed by atoms with Crippen molar-refractivity contribution in [1.29, 1.82) is 5.26 Å². The molecule has 0 saturated carbocycles. The number of hydrogen-bond donors (Lipinski definition) is 0. The molecule has 0 aromatic carbocycles. The van der Waals surface area contributed by atoms with E-state index in [1.54, 1.807) is 0 Å². The van der Waals surface area contributed by atoms with Gasteiger partial charge in [0.2, 0.25) is 0 Å². The second kappa shape index (κ2) is 4.39. The lowest BCUT2D eigenvalue weighted by Crippen LogP contribution is -1.70. The molecule has 1 nitrogen and oxygen atoms in total. The number of nitrogens with zero attached hydrogens (tertiary/aromatic N) is 1. The first-order chi connectivity index (χ1) is 3.81. The van der Waals surface area contributed by atoms with E-state index in [4.69, 9.17) is 5.26 Å². The summed E-state index contributed by atoms with van der Waals surface area (Å²) in [6.45, 7) is 4.05. The summed E-state index contributed by atoms with van der Waals surface area (Å²) < 4.78 is 0. The maximum absolute atomic E-state index is 8.17. The highest BCUT2D eigenvalue weighted by atomic mass is 14.2. The summed E-state index contributed by atoms with van der Waals surface area (Å²) in [5, 5.41) is 8.17.